The van der Waals surface area contributed by atoms with E-state index in [1.54, 1.807) is 6.07 Å². The van der Waals surface area contributed by atoms with E-state index in [0.717, 1.165) is 31.7 Å². The van der Waals surface area contributed by atoms with Crippen molar-refractivity contribution in [3.63, 3.8) is 0 Å². The SMILES string of the molecule is N#Cc1ccc(CC2CCCC2)c(C(F)(F)F)c1. The van der Waals surface area contributed by atoms with Gasteiger partial charge in [-0.3, -0.25) is 0 Å². The summed E-state index contributed by atoms with van der Waals surface area (Å²) in [6, 6.07) is 5.65. The predicted molar refractivity (Wildman–Crippen MR) is 61.8 cm³/mol. The molecule has 0 unspecified atom stereocenters. The highest BCUT2D eigenvalue weighted by molar-refractivity contribution is 5.40. The molecule has 1 nitrogen and oxygen atoms in total. The molecule has 0 N–H and O–H groups in total. The Morgan fingerprint density at radius 1 is 1.22 bits per heavy atom. The average molecular weight is 253 g/mol. The van der Waals surface area contributed by atoms with Crippen LogP contribution in [0.4, 0.5) is 13.2 Å². The maximum Gasteiger partial charge on any atom is 0.416 e. The van der Waals surface area contributed by atoms with Gasteiger partial charge in [0.15, 0.2) is 0 Å². The Bertz CT molecular complexity index is 465. The van der Waals surface area contributed by atoms with E-state index < -0.39 is 11.7 Å². The third-order valence-corrected chi connectivity index (χ3v) is 3.53. The molecule has 4 heteroatoms. The Labute approximate surface area is 104 Å². The Balaban J connectivity index is 2.30. The van der Waals surface area contributed by atoms with E-state index >= 15 is 0 Å². The van der Waals surface area contributed by atoms with E-state index in [4.69, 9.17) is 5.26 Å². The number of benzene rings is 1. The number of alkyl halides is 3. The van der Waals surface area contributed by atoms with Gasteiger partial charge in [-0.25, -0.2) is 0 Å². The third kappa shape index (κ3) is 2.84. The Hall–Kier alpha value is -1.50. The minimum absolute atomic E-state index is 0.0671. The van der Waals surface area contributed by atoms with E-state index in [2.05, 4.69) is 0 Å². The zero-order valence-electron chi connectivity index (χ0n) is 9.93. The zero-order valence-corrected chi connectivity index (χ0v) is 9.93. The summed E-state index contributed by atoms with van der Waals surface area (Å²) in [7, 11) is 0. The van der Waals surface area contributed by atoms with Gasteiger partial charge in [-0.1, -0.05) is 31.7 Å². The Kier molecular flexibility index (Phi) is 3.60. The number of rotatable bonds is 2. The first-order valence-corrected chi connectivity index (χ1v) is 6.11. The molecule has 0 amide bonds. The molecule has 1 aromatic carbocycles. The van der Waals surface area contributed by atoms with Crippen LogP contribution in [-0.4, -0.2) is 0 Å². The molecule has 96 valence electrons. The van der Waals surface area contributed by atoms with Gasteiger partial charge in [-0.05, 0) is 30.0 Å². The first kappa shape index (κ1) is 12.9. The van der Waals surface area contributed by atoms with Crippen molar-refractivity contribution in [1.29, 1.82) is 5.26 Å². The topological polar surface area (TPSA) is 23.8 Å². The van der Waals surface area contributed by atoms with Crippen LogP contribution in [0.1, 0.15) is 42.4 Å². The molecule has 0 aromatic heterocycles. The first-order chi connectivity index (χ1) is 8.50. The van der Waals surface area contributed by atoms with Crippen LogP contribution < -0.4 is 0 Å². The summed E-state index contributed by atoms with van der Waals surface area (Å²) >= 11 is 0. The van der Waals surface area contributed by atoms with Crippen LogP contribution in [-0.2, 0) is 12.6 Å². The van der Waals surface area contributed by atoms with Crippen molar-refractivity contribution in [3.05, 3.63) is 34.9 Å². The smallest absolute Gasteiger partial charge is 0.192 e. The monoisotopic (exact) mass is 253 g/mol. The van der Waals surface area contributed by atoms with Crippen molar-refractivity contribution in [3.8, 4) is 6.07 Å². The summed E-state index contributed by atoms with van der Waals surface area (Å²) < 4.78 is 38.8. The van der Waals surface area contributed by atoms with Crippen LogP contribution in [0, 0.1) is 17.2 Å². The minimum Gasteiger partial charge on any atom is -0.192 e. The van der Waals surface area contributed by atoms with Gasteiger partial charge in [-0.15, -0.1) is 0 Å². The fourth-order valence-electron chi connectivity index (χ4n) is 2.61. The van der Waals surface area contributed by atoms with Gasteiger partial charge in [-0.2, -0.15) is 18.4 Å². The predicted octanol–water partition coefficient (Wildman–Crippen LogP) is 4.31. The first-order valence-electron chi connectivity index (χ1n) is 6.11. The molecule has 1 aromatic rings. The van der Waals surface area contributed by atoms with Crippen LogP contribution in [0.3, 0.4) is 0 Å². The second-order valence-electron chi connectivity index (χ2n) is 4.84. The summed E-state index contributed by atoms with van der Waals surface area (Å²) in [6.45, 7) is 0. The van der Waals surface area contributed by atoms with Gasteiger partial charge in [0.25, 0.3) is 0 Å². The molecule has 2 rings (SSSR count). The number of nitriles is 1. The summed E-state index contributed by atoms with van der Waals surface area (Å²) in [4.78, 5) is 0. The maximum absolute atomic E-state index is 12.9. The number of halogens is 3. The molecule has 1 aliphatic rings. The molecule has 0 aliphatic heterocycles. The lowest BCUT2D eigenvalue weighted by molar-refractivity contribution is -0.138. The van der Waals surface area contributed by atoms with Crippen LogP contribution in [0.15, 0.2) is 18.2 Å². The van der Waals surface area contributed by atoms with Crippen molar-refractivity contribution in [2.45, 2.75) is 38.3 Å². The number of nitrogens with zero attached hydrogens (tertiary/aromatic N) is 1. The number of hydrogen-bond donors (Lipinski definition) is 0. The highest BCUT2D eigenvalue weighted by Gasteiger charge is 2.34. The van der Waals surface area contributed by atoms with E-state index in [0.29, 0.717) is 17.9 Å². The van der Waals surface area contributed by atoms with Gasteiger partial charge in [0, 0.05) is 0 Å². The van der Waals surface area contributed by atoms with Gasteiger partial charge < -0.3 is 0 Å². The maximum atomic E-state index is 12.9. The van der Waals surface area contributed by atoms with Gasteiger partial charge in [0.05, 0.1) is 17.2 Å². The van der Waals surface area contributed by atoms with E-state index in [1.165, 1.54) is 12.1 Å². The summed E-state index contributed by atoms with van der Waals surface area (Å²) in [5.74, 6) is 0.360. The van der Waals surface area contributed by atoms with Gasteiger partial charge in [0.1, 0.15) is 0 Å². The number of hydrogen-bond acceptors (Lipinski definition) is 1. The lowest BCUT2D eigenvalue weighted by Gasteiger charge is -2.16. The van der Waals surface area contributed by atoms with Gasteiger partial charge >= 0.3 is 6.18 Å². The molecule has 18 heavy (non-hydrogen) atoms. The Morgan fingerprint density at radius 2 is 1.89 bits per heavy atom. The van der Waals surface area contributed by atoms with Crippen molar-refractivity contribution in [1.82, 2.24) is 0 Å². The largest absolute Gasteiger partial charge is 0.416 e. The Morgan fingerprint density at radius 3 is 2.44 bits per heavy atom. The van der Waals surface area contributed by atoms with Crippen molar-refractivity contribution in [2.75, 3.05) is 0 Å². The molecule has 1 fully saturated rings. The highest BCUT2D eigenvalue weighted by atomic mass is 19.4. The average Bonchev–Trinajstić information content (AvgIpc) is 2.81. The summed E-state index contributed by atoms with van der Waals surface area (Å²) in [5.41, 5.74) is -0.251. The van der Waals surface area contributed by atoms with E-state index in [-0.39, 0.29) is 5.56 Å². The molecule has 0 bridgehead atoms. The zero-order chi connectivity index (χ0) is 13.2. The van der Waals surface area contributed by atoms with Crippen molar-refractivity contribution >= 4 is 0 Å². The second kappa shape index (κ2) is 5.01. The normalized spacial score (nSPS) is 16.8. The molecule has 1 aliphatic carbocycles. The third-order valence-electron chi connectivity index (χ3n) is 3.53. The molecular weight excluding hydrogens is 239 g/mol. The molecule has 1 saturated carbocycles. The lowest BCUT2D eigenvalue weighted by Crippen LogP contribution is -2.12. The second-order valence-corrected chi connectivity index (χ2v) is 4.84. The standard InChI is InChI=1S/C14H14F3N/c15-14(16,17)13-8-11(9-18)5-6-12(13)7-10-3-1-2-4-10/h5-6,8,10H,1-4,7H2. The van der Waals surface area contributed by atoms with Gasteiger partial charge in [0.2, 0.25) is 0 Å². The molecule has 0 saturated heterocycles. The van der Waals surface area contributed by atoms with Crippen LogP contribution >= 0.6 is 0 Å². The lowest BCUT2D eigenvalue weighted by atomic mass is 9.93. The van der Waals surface area contributed by atoms with Crippen LogP contribution in [0.2, 0.25) is 0 Å². The van der Waals surface area contributed by atoms with E-state index in [9.17, 15) is 13.2 Å². The molecule has 0 radical (unpaired) electrons. The van der Waals surface area contributed by atoms with Crippen LogP contribution in [0.25, 0.3) is 0 Å². The molecule has 0 heterocycles. The fraction of sp³-hybridized carbons (Fsp3) is 0.500. The molecule has 0 atom stereocenters. The van der Waals surface area contributed by atoms with Crippen molar-refractivity contribution in [2.24, 2.45) is 5.92 Å². The molecule has 0 spiro atoms. The van der Waals surface area contributed by atoms with Crippen molar-refractivity contribution < 1.29 is 13.2 Å². The highest BCUT2D eigenvalue weighted by Crippen LogP contribution is 2.36. The van der Waals surface area contributed by atoms with E-state index in [1.807, 2.05) is 0 Å². The van der Waals surface area contributed by atoms with Crippen LogP contribution in [0.5, 0.6) is 0 Å². The summed E-state index contributed by atoms with van der Waals surface area (Å²) in [5, 5.41) is 8.69. The fourth-order valence-corrected chi connectivity index (χ4v) is 2.61. The summed E-state index contributed by atoms with van der Waals surface area (Å²) in [6.07, 6.45) is 0.348. The quantitative estimate of drug-likeness (QED) is 0.770. The molecular formula is C14H14F3N. The minimum atomic E-state index is -4.37.